The highest BCUT2D eigenvalue weighted by Crippen LogP contribution is 2.22. The molecule has 0 fully saturated rings. The number of pyridine rings is 1. The number of benzene rings is 1. The van der Waals surface area contributed by atoms with Crippen molar-refractivity contribution in [3.8, 4) is 11.4 Å². The van der Waals surface area contributed by atoms with Crippen molar-refractivity contribution in [2.45, 2.75) is 11.7 Å². The maximum absolute atomic E-state index is 12.1. The lowest BCUT2D eigenvalue weighted by Gasteiger charge is -2.09. The molecule has 3 rings (SSSR count). The molecule has 7 nitrogen and oxygen atoms in total. The molecule has 0 bridgehead atoms. The van der Waals surface area contributed by atoms with E-state index in [2.05, 4.69) is 15.2 Å². The Balaban J connectivity index is 1.98. The van der Waals surface area contributed by atoms with Gasteiger partial charge in [0.05, 0.1) is 6.54 Å². The van der Waals surface area contributed by atoms with Crippen LogP contribution in [0.15, 0.2) is 46.5 Å². The van der Waals surface area contributed by atoms with Gasteiger partial charge in [0.25, 0.3) is 5.56 Å². The fourth-order valence-electron chi connectivity index (χ4n) is 2.16. The third kappa shape index (κ3) is 3.92. The summed E-state index contributed by atoms with van der Waals surface area (Å²) in [5.41, 5.74) is 0.974. The number of halogens is 2. The molecule has 0 spiro atoms. The summed E-state index contributed by atoms with van der Waals surface area (Å²) in [5, 5.41) is 6.97. The molecule has 10 heteroatoms. The largest absolute Gasteiger partial charge is 0.310 e. The summed E-state index contributed by atoms with van der Waals surface area (Å²) in [4.78, 5) is 16.0. The van der Waals surface area contributed by atoms with E-state index in [4.69, 9.17) is 23.2 Å². The summed E-state index contributed by atoms with van der Waals surface area (Å²) in [5.74, 6) is 0.177. The predicted octanol–water partition coefficient (Wildman–Crippen LogP) is 2.39. The fourth-order valence-corrected chi connectivity index (χ4v) is 3.09. The van der Waals surface area contributed by atoms with Gasteiger partial charge < -0.3 is 4.57 Å². The average Bonchev–Trinajstić information content (AvgIpc) is 3.02. The molecule has 0 aliphatic carbocycles. The van der Waals surface area contributed by atoms with E-state index in [-0.39, 0.29) is 23.1 Å². The van der Waals surface area contributed by atoms with Gasteiger partial charge in [0, 0.05) is 34.1 Å². The lowest BCUT2D eigenvalue weighted by Crippen LogP contribution is -2.19. The van der Waals surface area contributed by atoms with Gasteiger partial charge in [-0.05, 0) is 23.8 Å². The molecule has 130 valence electrons. The van der Waals surface area contributed by atoms with Crippen LogP contribution in [0, 0.1) is 0 Å². The molecule has 0 aliphatic rings. The summed E-state index contributed by atoms with van der Waals surface area (Å²) in [6, 6.07) is 7.90. The van der Waals surface area contributed by atoms with E-state index < -0.39 is 9.84 Å². The third-order valence-corrected chi connectivity index (χ3v) is 4.89. The number of nitrogens with one attached hydrogen (secondary N) is 1. The Morgan fingerprint density at radius 3 is 2.60 bits per heavy atom. The van der Waals surface area contributed by atoms with Gasteiger partial charge in [-0.3, -0.25) is 4.79 Å². The highest BCUT2D eigenvalue weighted by Gasteiger charge is 2.15. The van der Waals surface area contributed by atoms with E-state index in [1.807, 2.05) is 0 Å². The standard InChI is InChI=1S/C15H12Cl2N4O3S/c1-25(23,24)15-18-14(19-20-15)10-3-5-13(22)21(8-10)7-9-2-4-11(16)6-12(9)17/h2-6,8H,7H2,1H3,(H,18,19,20). The zero-order valence-corrected chi connectivity index (χ0v) is 15.2. The monoisotopic (exact) mass is 398 g/mol. The molecule has 0 aliphatic heterocycles. The summed E-state index contributed by atoms with van der Waals surface area (Å²) in [6.45, 7) is 0.228. The molecule has 0 radical (unpaired) electrons. The van der Waals surface area contributed by atoms with Crippen LogP contribution < -0.4 is 5.56 Å². The minimum absolute atomic E-state index is 0.177. The number of nitrogens with zero attached hydrogens (tertiary/aromatic N) is 3. The first-order valence-electron chi connectivity index (χ1n) is 7.01. The first-order valence-corrected chi connectivity index (χ1v) is 9.66. The van der Waals surface area contributed by atoms with E-state index in [0.717, 1.165) is 11.8 Å². The Hall–Kier alpha value is -2.16. The average molecular weight is 399 g/mol. The molecule has 25 heavy (non-hydrogen) atoms. The van der Waals surface area contributed by atoms with Crippen molar-refractivity contribution >= 4 is 33.0 Å². The zero-order valence-electron chi connectivity index (χ0n) is 12.9. The summed E-state index contributed by atoms with van der Waals surface area (Å²) < 4.78 is 24.4. The molecule has 3 aromatic rings. The van der Waals surface area contributed by atoms with Crippen LogP contribution in [0.2, 0.25) is 10.0 Å². The molecule has 0 amide bonds. The molecule has 2 heterocycles. The number of hydrogen-bond donors (Lipinski definition) is 1. The number of rotatable bonds is 4. The highest BCUT2D eigenvalue weighted by molar-refractivity contribution is 7.90. The fraction of sp³-hybridized carbons (Fsp3) is 0.133. The first-order chi connectivity index (χ1) is 11.7. The second-order valence-electron chi connectivity index (χ2n) is 5.36. The van der Waals surface area contributed by atoms with Gasteiger partial charge in [-0.2, -0.15) is 10.1 Å². The minimum Gasteiger partial charge on any atom is -0.310 e. The van der Waals surface area contributed by atoms with Crippen LogP contribution in [-0.2, 0) is 16.4 Å². The van der Waals surface area contributed by atoms with Gasteiger partial charge in [0.2, 0.25) is 15.0 Å². The lowest BCUT2D eigenvalue weighted by molar-refractivity contribution is 0.594. The van der Waals surface area contributed by atoms with Crippen LogP contribution in [0.4, 0.5) is 0 Å². The quantitative estimate of drug-likeness (QED) is 0.727. The van der Waals surface area contributed by atoms with E-state index in [0.29, 0.717) is 15.6 Å². The smallest absolute Gasteiger partial charge is 0.250 e. The maximum atomic E-state index is 12.1. The van der Waals surface area contributed by atoms with Crippen molar-refractivity contribution in [1.82, 2.24) is 19.7 Å². The predicted molar refractivity (Wildman–Crippen MR) is 94.8 cm³/mol. The van der Waals surface area contributed by atoms with Crippen LogP contribution in [0.3, 0.4) is 0 Å². The number of H-pyrrole nitrogens is 1. The van der Waals surface area contributed by atoms with Gasteiger partial charge in [0.1, 0.15) is 0 Å². The molecule has 0 unspecified atom stereocenters. The zero-order chi connectivity index (χ0) is 18.2. The van der Waals surface area contributed by atoms with Gasteiger partial charge in [-0.15, -0.1) is 0 Å². The van der Waals surface area contributed by atoms with Gasteiger partial charge in [-0.1, -0.05) is 29.3 Å². The second-order valence-corrected chi connectivity index (χ2v) is 8.13. The van der Waals surface area contributed by atoms with Crippen LogP contribution in [0.25, 0.3) is 11.4 Å². The van der Waals surface area contributed by atoms with Crippen molar-refractivity contribution in [3.63, 3.8) is 0 Å². The normalized spacial score (nSPS) is 11.6. The van der Waals surface area contributed by atoms with Crippen molar-refractivity contribution < 1.29 is 8.42 Å². The van der Waals surface area contributed by atoms with Crippen LogP contribution in [0.1, 0.15) is 5.56 Å². The Kier molecular flexibility index (Phi) is 4.68. The van der Waals surface area contributed by atoms with Gasteiger partial charge >= 0.3 is 0 Å². The molecule has 0 saturated heterocycles. The van der Waals surface area contributed by atoms with Crippen molar-refractivity contribution in [2.75, 3.05) is 6.26 Å². The van der Waals surface area contributed by atoms with Crippen molar-refractivity contribution in [1.29, 1.82) is 0 Å². The molecule has 0 atom stereocenters. The number of hydrogen-bond acceptors (Lipinski definition) is 5. The van der Waals surface area contributed by atoms with Crippen molar-refractivity contribution in [3.05, 3.63) is 62.5 Å². The lowest BCUT2D eigenvalue weighted by atomic mass is 10.2. The molecular formula is C15H12Cl2N4O3S. The van der Waals surface area contributed by atoms with Gasteiger partial charge in [0.15, 0.2) is 5.82 Å². The van der Waals surface area contributed by atoms with E-state index in [1.54, 1.807) is 24.4 Å². The van der Waals surface area contributed by atoms with Crippen molar-refractivity contribution in [2.24, 2.45) is 0 Å². The number of aromatic amines is 1. The van der Waals surface area contributed by atoms with E-state index in [1.165, 1.54) is 16.7 Å². The summed E-state index contributed by atoms with van der Waals surface area (Å²) in [7, 11) is -3.49. The molecule has 2 aromatic heterocycles. The Bertz CT molecular complexity index is 1110. The van der Waals surface area contributed by atoms with E-state index in [9.17, 15) is 13.2 Å². The Morgan fingerprint density at radius 2 is 1.96 bits per heavy atom. The number of aromatic nitrogens is 4. The minimum atomic E-state index is -3.49. The van der Waals surface area contributed by atoms with Crippen LogP contribution in [-0.4, -0.2) is 34.4 Å². The molecular weight excluding hydrogens is 387 g/mol. The van der Waals surface area contributed by atoms with E-state index >= 15 is 0 Å². The van der Waals surface area contributed by atoms with Crippen LogP contribution in [0.5, 0.6) is 0 Å². The second kappa shape index (κ2) is 6.62. The highest BCUT2D eigenvalue weighted by atomic mass is 35.5. The SMILES string of the molecule is CS(=O)(=O)c1nc(-c2ccc(=O)n(Cc3ccc(Cl)cc3Cl)c2)n[nH]1. The topological polar surface area (TPSA) is 97.7 Å². The molecule has 0 saturated carbocycles. The Labute approximate surface area is 153 Å². The summed E-state index contributed by atoms with van der Waals surface area (Å²) in [6.07, 6.45) is 2.57. The maximum Gasteiger partial charge on any atom is 0.250 e. The molecule has 1 N–H and O–H groups in total. The third-order valence-electron chi connectivity index (χ3n) is 3.41. The summed E-state index contributed by atoms with van der Waals surface area (Å²) >= 11 is 12.0. The molecule has 1 aromatic carbocycles. The van der Waals surface area contributed by atoms with Crippen LogP contribution >= 0.6 is 23.2 Å². The Morgan fingerprint density at radius 1 is 1.20 bits per heavy atom. The van der Waals surface area contributed by atoms with Gasteiger partial charge in [-0.25, -0.2) is 13.5 Å². The number of sulfone groups is 1. The first kappa shape index (κ1) is 17.7.